The highest BCUT2D eigenvalue weighted by Gasteiger charge is 2.15. The van der Waals surface area contributed by atoms with E-state index in [2.05, 4.69) is 30.7 Å². The summed E-state index contributed by atoms with van der Waals surface area (Å²) in [6.07, 6.45) is 3.53. The Balaban J connectivity index is 1.86. The van der Waals surface area contributed by atoms with E-state index >= 15 is 0 Å². The largest absolute Gasteiger partial charge is 0.338 e. The fraction of sp³-hybridized carbons (Fsp3) is 0.167. The van der Waals surface area contributed by atoms with Crippen molar-refractivity contribution in [3.05, 3.63) is 47.7 Å². The number of aromatic nitrogens is 5. The number of carbonyl (C=O) groups is 1. The van der Waals surface area contributed by atoms with Gasteiger partial charge in [0.1, 0.15) is 10.7 Å². The van der Waals surface area contributed by atoms with Gasteiger partial charge in [-0.15, -0.1) is 16.4 Å². The molecule has 0 spiro atoms. The van der Waals surface area contributed by atoms with E-state index in [-0.39, 0.29) is 12.0 Å². The lowest BCUT2D eigenvalue weighted by atomic mass is 10.1. The zero-order chi connectivity index (χ0) is 18.8. The molecule has 0 saturated carbocycles. The number of urea groups is 1. The summed E-state index contributed by atoms with van der Waals surface area (Å²) in [5.41, 5.74) is 4.29. The van der Waals surface area contributed by atoms with Gasteiger partial charge in [-0.05, 0) is 37.6 Å². The Hall–Kier alpha value is -3.33. The monoisotopic (exact) mass is 379 g/mol. The van der Waals surface area contributed by atoms with E-state index in [1.54, 1.807) is 16.9 Å². The third kappa shape index (κ3) is 3.49. The van der Waals surface area contributed by atoms with Gasteiger partial charge in [0, 0.05) is 35.6 Å². The van der Waals surface area contributed by atoms with Gasteiger partial charge < -0.3 is 5.32 Å². The molecule has 8 nitrogen and oxygen atoms in total. The highest BCUT2D eigenvalue weighted by atomic mass is 32.1. The lowest BCUT2D eigenvalue weighted by Crippen LogP contribution is -2.28. The number of hydrogen-bond donors (Lipinski definition) is 2. The molecule has 0 bridgehead atoms. The third-order valence-corrected chi connectivity index (χ3v) is 4.82. The molecule has 2 N–H and O–H groups in total. The van der Waals surface area contributed by atoms with E-state index in [0.717, 1.165) is 27.5 Å². The summed E-state index contributed by atoms with van der Waals surface area (Å²) in [4.78, 5) is 25.0. The van der Waals surface area contributed by atoms with Crippen LogP contribution in [0.1, 0.15) is 12.6 Å². The maximum absolute atomic E-state index is 11.8. The van der Waals surface area contributed by atoms with Crippen LogP contribution in [-0.2, 0) is 0 Å². The van der Waals surface area contributed by atoms with E-state index in [4.69, 9.17) is 0 Å². The zero-order valence-electron chi connectivity index (χ0n) is 14.8. The summed E-state index contributed by atoms with van der Waals surface area (Å²) in [6, 6.07) is 7.45. The van der Waals surface area contributed by atoms with Crippen molar-refractivity contribution in [3.63, 3.8) is 0 Å². The lowest BCUT2D eigenvalue weighted by molar-refractivity contribution is 0.252. The molecule has 0 aromatic carbocycles. The Bertz CT molecular complexity index is 1100. The first-order valence-electron chi connectivity index (χ1n) is 8.42. The van der Waals surface area contributed by atoms with Crippen LogP contribution < -0.4 is 10.6 Å². The first kappa shape index (κ1) is 17.1. The van der Waals surface area contributed by atoms with Crippen molar-refractivity contribution < 1.29 is 4.79 Å². The van der Waals surface area contributed by atoms with Crippen molar-refractivity contribution in [2.45, 2.75) is 13.8 Å². The van der Waals surface area contributed by atoms with Crippen molar-refractivity contribution in [1.82, 2.24) is 29.9 Å². The lowest BCUT2D eigenvalue weighted by Gasteiger charge is -2.06. The summed E-state index contributed by atoms with van der Waals surface area (Å²) in [5, 5.41) is 12.6. The van der Waals surface area contributed by atoms with Crippen molar-refractivity contribution in [2.24, 2.45) is 0 Å². The van der Waals surface area contributed by atoms with E-state index in [1.165, 1.54) is 11.3 Å². The summed E-state index contributed by atoms with van der Waals surface area (Å²) in [6.45, 7) is 4.32. The molecule has 0 saturated heterocycles. The molecule has 4 heterocycles. The third-order valence-electron chi connectivity index (χ3n) is 3.83. The minimum Gasteiger partial charge on any atom is -0.338 e. The Kier molecular flexibility index (Phi) is 4.51. The Morgan fingerprint density at radius 2 is 2.15 bits per heavy atom. The second-order valence-corrected chi connectivity index (χ2v) is 6.71. The highest BCUT2D eigenvalue weighted by Crippen LogP contribution is 2.30. The number of fused-ring (bicyclic) bond motifs is 1. The molecular weight excluding hydrogens is 362 g/mol. The van der Waals surface area contributed by atoms with Crippen molar-refractivity contribution in [2.75, 3.05) is 11.9 Å². The number of anilines is 1. The molecule has 136 valence electrons. The molecule has 0 fully saturated rings. The number of carbonyl (C=O) groups excluding carboxylic acids is 1. The Labute approximate surface area is 159 Å². The SMILES string of the molecule is CCNC(=O)Nc1nc2cc(-c3cccnc3)cc(-c3nc(C)cs3)n2n1. The minimum absolute atomic E-state index is 0.235. The van der Waals surface area contributed by atoms with Crippen molar-refractivity contribution in [1.29, 1.82) is 0 Å². The standard InChI is InChI=1S/C18H17N7OS/c1-3-20-18(26)23-17-22-15-8-13(12-5-4-6-19-9-12)7-14(25(15)24-17)16-21-11(2)10-27-16/h4-10H,3H2,1-2H3,(H2,20,23,24,26). The first-order valence-corrected chi connectivity index (χ1v) is 9.30. The molecule has 0 unspecified atom stereocenters. The number of aryl methyl sites for hydroxylation is 1. The van der Waals surface area contributed by atoms with Crippen molar-refractivity contribution in [3.8, 4) is 21.8 Å². The fourth-order valence-corrected chi connectivity index (χ4v) is 3.47. The molecule has 4 rings (SSSR count). The molecular formula is C18H17N7OS. The normalized spacial score (nSPS) is 10.9. The summed E-state index contributed by atoms with van der Waals surface area (Å²) in [7, 11) is 0. The maximum atomic E-state index is 11.8. The fourth-order valence-electron chi connectivity index (χ4n) is 2.67. The molecule has 0 aliphatic carbocycles. The first-order chi connectivity index (χ1) is 13.1. The van der Waals surface area contributed by atoms with E-state index < -0.39 is 0 Å². The number of rotatable bonds is 4. The average molecular weight is 379 g/mol. The topological polar surface area (TPSA) is 97.1 Å². The van der Waals surface area contributed by atoms with Gasteiger partial charge in [0.2, 0.25) is 0 Å². The average Bonchev–Trinajstić information content (AvgIpc) is 3.27. The number of nitrogens with zero attached hydrogens (tertiary/aromatic N) is 5. The molecule has 0 aliphatic rings. The van der Waals surface area contributed by atoms with Gasteiger partial charge >= 0.3 is 6.03 Å². The van der Waals surface area contributed by atoms with Gasteiger partial charge in [-0.25, -0.2) is 14.3 Å². The predicted octanol–water partition coefficient (Wildman–Crippen LogP) is 3.36. The van der Waals surface area contributed by atoms with E-state index in [0.29, 0.717) is 12.2 Å². The van der Waals surface area contributed by atoms with Gasteiger partial charge in [-0.3, -0.25) is 10.3 Å². The molecule has 2 amide bonds. The molecule has 27 heavy (non-hydrogen) atoms. The van der Waals surface area contributed by atoms with Crippen LogP contribution in [0.4, 0.5) is 10.7 Å². The highest BCUT2D eigenvalue weighted by molar-refractivity contribution is 7.13. The van der Waals surface area contributed by atoms with Crippen LogP contribution in [0.2, 0.25) is 0 Å². The molecule has 9 heteroatoms. The number of amides is 2. The number of hydrogen-bond acceptors (Lipinski definition) is 6. The van der Waals surface area contributed by atoms with Crippen LogP contribution in [0, 0.1) is 6.92 Å². The minimum atomic E-state index is -0.340. The molecule has 4 aromatic heterocycles. The van der Waals surface area contributed by atoms with Crippen LogP contribution in [0.15, 0.2) is 42.0 Å². The maximum Gasteiger partial charge on any atom is 0.321 e. The van der Waals surface area contributed by atoms with Gasteiger partial charge in [0.15, 0.2) is 5.65 Å². The summed E-state index contributed by atoms with van der Waals surface area (Å²) >= 11 is 1.54. The van der Waals surface area contributed by atoms with Crippen molar-refractivity contribution >= 4 is 29.0 Å². The Morgan fingerprint density at radius 1 is 1.26 bits per heavy atom. The smallest absolute Gasteiger partial charge is 0.321 e. The molecule has 0 radical (unpaired) electrons. The molecule has 0 aliphatic heterocycles. The van der Waals surface area contributed by atoms with Gasteiger partial charge in [0.25, 0.3) is 5.95 Å². The molecule has 0 atom stereocenters. The molecule has 4 aromatic rings. The van der Waals surface area contributed by atoms with Crippen LogP contribution >= 0.6 is 11.3 Å². The van der Waals surface area contributed by atoms with Crippen LogP contribution in [0.3, 0.4) is 0 Å². The zero-order valence-corrected chi connectivity index (χ0v) is 15.6. The number of thiazole rings is 1. The quantitative estimate of drug-likeness (QED) is 0.567. The summed E-state index contributed by atoms with van der Waals surface area (Å²) < 4.78 is 1.69. The van der Waals surface area contributed by atoms with E-state index in [1.807, 2.05) is 43.5 Å². The van der Waals surface area contributed by atoms with Gasteiger partial charge in [-0.1, -0.05) is 6.07 Å². The number of nitrogens with one attached hydrogen (secondary N) is 2. The number of pyridine rings is 2. The predicted molar refractivity (Wildman–Crippen MR) is 105 cm³/mol. The second kappa shape index (κ2) is 7.12. The second-order valence-electron chi connectivity index (χ2n) is 5.85. The summed E-state index contributed by atoms with van der Waals surface area (Å²) in [5.74, 6) is 0.235. The van der Waals surface area contributed by atoms with E-state index in [9.17, 15) is 4.79 Å². The van der Waals surface area contributed by atoms with Gasteiger partial charge in [0.05, 0.1) is 0 Å². The van der Waals surface area contributed by atoms with Crippen LogP contribution in [-0.4, -0.2) is 37.1 Å². The Morgan fingerprint density at radius 3 is 2.85 bits per heavy atom. The van der Waals surface area contributed by atoms with Crippen LogP contribution in [0.25, 0.3) is 27.5 Å². The van der Waals surface area contributed by atoms with Gasteiger partial charge in [-0.2, -0.15) is 4.98 Å². The van der Waals surface area contributed by atoms with Crippen LogP contribution in [0.5, 0.6) is 0 Å².